The number of rotatable bonds is 8. The maximum absolute atomic E-state index is 2.46. The van der Waals surface area contributed by atoms with E-state index < -0.39 is 0 Å². The molecule has 1 nitrogen and oxygen atoms in total. The summed E-state index contributed by atoms with van der Waals surface area (Å²) in [5.41, 5.74) is 0. The molecule has 0 amide bonds. The van der Waals surface area contributed by atoms with Crippen LogP contribution < -0.4 is 24.0 Å². The molecule has 2 rings (SSSR count). The van der Waals surface area contributed by atoms with E-state index in [-0.39, 0.29) is 24.0 Å². The predicted molar refractivity (Wildman–Crippen MR) is 98.1 cm³/mol. The van der Waals surface area contributed by atoms with Gasteiger partial charge in [0.1, 0.15) is 0 Å². The standard InChI is InChI=1S/C21H40N.HI/c1-2-3-4-5-9-13-18-22(19-14-10-15-20-22)21-16-11-7-6-8-12-17-21;/h6-7,21H,2-5,8-20H2,1H3;1H/q+1;/p-1/b7-6-;. The lowest BCUT2D eigenvalue weighted by molar-refractivity contribution is -0.956. The van der Waals surface area contributed by atoms with Gasteiger partial charge in [0, 0.05) is 6.42 Å². The van der Waals surface area contributed by atoms with E-state index in [0.29, 0.717) is 0 Å². The maximum atomic E-state index is 2.46. The van der Waals surface area contributed by atoms with Gasteiger partial charge in [0.2, 0.25) is 0 Å². The van der Waals surface area contributed by atoms with Crippen LogP contribution in [0.15, 0.2) is 12.2 Å². The van der Waals surface area contributed by atoms with Gasteiger partial charge in [-0.15, -0.1) is 0 Å². The summed E-state index contributed by atoms with van der Waals surface area (Å²) >= 11 is 0. The van der Waals surface area contributed by atoms with Crippen molar-refractivity contribution in [1.29, 1.82) is 0 Å². The molecule has 1 aliphatic heterocycles. The molecule has 136 valence electrons. The maximum Gasteiger partial charge on any atom is 0.0893 e. The van der Waals surface area contributed by atoms with E-state index in [1.807, 2.05) is 0 Å². The van der Waals surface area contributed by atoms with E-state index in [2.05, 4.69) is 19.1 Å². The van der Waals surface area contributed by atoms with Crippen LogP contribution in [0.3, 0.4) is 0 Å². The van der Waals surface area contributed by atoms with E-state index in [1.54, 1.807) is 0 Å². The van der Waals surface area contributed by atoms with Crippen LogP contribution in [-0.4, -0.2) is 30.2 Å². The van der Waals surface area contributed by atoms with Gasteiger partial charge in [0.05, 0.1) is 25.7 Å². The molecule has 0 aromatic heterocycles. The highest BCUT2D eigenvalue weighted by Crippen LogP contribution is 2.30. The first-order valence-electron chi connectivity index (χ1n) is 10.4. The van der Waals surface area contributed by atoms with Gasteiger partial charge in [0.15, 0.2) is 0 Å². The molecule has 0 bridgehead atoms. The third-order valence-corrected chi connectivity index (χ3v) is 6.18. The third-order valence-electron chi connectivity index (χ3n) is 6.18. The first-order chi connectivity index (χ1) is 10.9. The molecular formula is C21H40IN. The Morgan fingerprint density at radius 2 is 1.48 bits per heavy atom. The van der Waals surface area contributed by atoms with Crippen LogP contribution in [0.1, 0.15) is 96.8 Å². The highest BCUT2D eigenvalue weighted by Gasteiger charge is 2.36. The Bertz CT molecular complexity index is 307. The summed E-state index contributed by atoms with van der Waals surface area (Å²) in [5, 5.41) is 0. The van der Waals surface area contributed by atoms with Gasteiger partial charge < -0.3 is 28.5 Å². The van der Waals surface area contributed by atoms with Crippen molar-refractivity contribution in [1.82, 2.24) is 0 Å². The fraction of sp³-hybridized carbons (Fsp3) is 0.905. The van der Waals surface area contributed by atoms with Crippen molar-refractivity contribution in [2.45, 2.75) is 103 Å². The second kappa shape index (κ2) is 12.7. The largest absolute Gasteiger partial charge is 1.00 e. The van der Waals surface area contributed by atoms with Crippen molar-refractivity contribution in [3.8, 4) is 0 Å². The zero-order valence-electron chi connectivity index (χ0n) is 15.6. The summed E-state index contributed by atoms with van der Waals surface area (Å²) < 4.78 is 1.50. The molecule has 1 fully saturated rings. The minimum atomic E-state index is 0. The lowest BCUT2D eigenvalue weighted by atomic mass is 9.93. The molecule has 1 aliphatic carbocycles. The molecule has 0 spiro atoms. The van der Waals surface area contributed by atoms with Crippen molar-refractivity contribution >= 4 is 0 Å². The van der Waals surface area contributed by atoms with Crippen LogP contribution in [0.4, 0.5) is 0 Å². The van der Waals surface area contributed by atoms with Crippen LogP contribution in [0.25, 0.3) is 0 Å². The Balaban J connectivity index is 0.00000264. The van der Waals surface area contributed by atoms with Crippen molar-refractivity contribution < 1.29 is 28.5 Å². The molecule has 0 radical (unpaired) electrons. The molecule has 1 heterocycles. The summed E-state index contributed by atoms with van der Waals surface area (Å²) in [4.78, 5) is 0. The summed E-state index contributed by atoms with van der Waals surface area (Å²) in [6, 6.07) is 0.973. The average Bonchev–Trinajstić information content (AvgIpc) is 2.51. The number of allylic oxidation sites excluding steroid dienone is 2. The van der Waals surface area contributed by atoms with E-state index in [4.69, 9.17) is 0 Å². The van der Waals surface area contributed by atoms with Gasteiger partial charge in [-0.1, -0.05) is 44.8 Å². The summed E-state index contributed by atoms with van der Waals surface area (Å²) in [7, 11) is 0. The topological polar surface area (TPSA) is 0 Å². The minimum absolute atomic E-state index is 0. The second-order valence-electron chi connectivity index (χ2n) is 7.85. The molecular weight excluding hydrogens is 393 g/mol. The van der Waals surface area contributed by atoms with E-state index >= 15 is 0 Å². The van der Waals surface area contributed by atoms with E-state index in [1.165, 1.54) is 114 Å². The van der Waals surface area contributed by atoms with Gasteiger partial charge in [-0.25, -0.2) is 0 Å². The number of halogens is 1. The Labute approximate surface area is 162 Å². The molecule has 0 N–H and O–H groups in total. The Hall–Kier alpha value is 0.430. The molecule has 0 aromatic rings. The summed E-state index contributed by atoms with van der Waals surface area (Å²) in [6.45, 7) is 6.78. The molecule has 1 saturated heterocycles. The third kappa shape index (κ3) is 7.46. The molecule has 2 aliphatic rings. The first kappa shape index (κ1) is 21.5. The minimum Gasteiger partial charge on any atom is -1.00 e. The van der Waals surface area contributed by atoms with Gasteiger partial charge in [-0.2, -0.15) is 0 Å². The molecule has 0 aromatic carbocycles. The van der Waals surface area contributed by atoms with Gasteiger partial charge >= 0.3 is 0 Å². The number of likely N-dealkylation sites (tertiary alicyclic amines) is 1. The number of hydrogen-bond acceptors (Lipinski definition) is 0. The zero-order chi connectivity index (χ0) is 15.5. The van der Waals surface area contributed by atoms with E-state index in [0.717, 1.165) is 6.04 Å². The highest BCUT2D eigenvalue weighted by molar-refractivity contribution is 4.85. The Kier molecular flexibility index (Phi) is 11.9. The average molecular weight is 433 g/mol. The number of nitrogens with zero attached hydrogens (tertiary/aromatic N) is 1. The van der Waals surface area contributed by atoms with Gasteiger partial charge in [-0.05, 0) is 57.8 Å². The number of piperidine rings is 1. The lowest BCUT2D eigenvalue weighted by Crippen LogP contribution is -3.00. The zero-order valence-corrected chi connectivity index (χ0v) is 17.7. The van der Waals surface area contributed by atoms with Gasteiger partial charge in [-0.3, -0.25) is 0 Å². The lowest BCUT2D eigenvalue weighted by Gasteiger charge is -2.48. The number of hydrogen-bond donors (Lipinski definition) is 0. The van der Waals surface area contributed by atoms with Crippen LogP contribution >= 0.6 is 0 Å². The van der Waals surface area contributed by atoms with Crippen molar-refractivity contribution in [3.05, 3.63) is 12.2 Å². The Morgan fingerprint density at radius 3 is 2.26 bits per heavy atom. The van der Waals surface area contributed by atoms with Crippen LogP contribution in [0.2, 0.25) is 0 Å². The van der Waals surface area contributed by atoms with E-state index in [9.17, 15) is 0 Å². The summed E-state index contributed by atoms with van der Waals surface area (Å²) in [6.07, 6.45) is 25.1. The van der Waals surface area contributed by atoms with Crippen LogP contribution in [0.5, 0.6) is 0 Å². The molecule has 0 saturated carbocycles. The second-order valence-corrected chi connectivity index (χ2v) is 7.85. The van der Waals surface area contributed by atoms with Crippen LogP contribution in [0, 0.1) is 0 Å². The molecule has 1 unspecified atom stereocenters. The van der Waals surface area contributed by atoms with Crippen molar-refractivity contribution in [3.63, 3.8) is 0 Å². The van der Waals surface area contributed by atoms with Crippen molar-refractivity contribution in [2.24, 2.45) is 0 Å². The molecule has 2 heteroatoms. The molecule has 1 atom stereocenters. The first-order valence-corrected chi connectivity index (χ1v) is 10.4. The normalized spacial score (nSPS) is 25.9. The fourth-order valence-corrected chi connectivity index (χ4v) is 4.81. The quantitative estimate of drug-likeness (QED) is 0.239. The summed E-state index contributed by atoms with van der Waals surface area (Å²) in [5.74, 6) is 0. The smallest absolute Gasteiger partial charge is 0.0893 e. The monoisotopic (exact) mass is 433 g/mol. The molecule has 23 heavy (non-hydrogen) atoms. The van der Waals surface area contributed by atoms with Crippen molar-refractivity contribution in [2.75, 3.05) is 19.6 Å². The van der Waals surface area contributed by atoms with Gasteiger partial charge in [0.25, 0.3) is 0 Å². The highest BCUT2D eigenvalue weighted by atomic mass is 127. The number of unbranched alkanes of at least 4 members (excludes halogenated alkanes) is 5. The van der Waals surface area contributed by atoms with Crippen LogP contribution in [-0.2, 0) is 0 Å². The predicted octanol–water partition coefficient (Wildman–Crippen LogP) is 3.24. The SMILES string of the molecule is CCCCCCCC[N+]1(C2CC/C=C\CCC2)CCCCC1.[I-]. The number of quaternary nitrogens is 1. The Morgan fingerprint density at radius 1 is 0.783 bits per heavy atom. The fourth-order valence-electron chi connectivity index (χ4n) is 4.81.